The Balaban J connectivity index is 1.81. The maximum atomic E-state index is 11.9. The number of carbonyl (C=O) groups is 2. The van der Waals surface area contributed by atoms with Crippen LogP contribution < -0.4 is 15.4 Å². The Morgan fingerprint density at radius 3 is 2.64 bits per heavy atom. The van der Waals surface area contributed by atoms with Gasteiger partial charge < -0.3 is 20.1 Å². The van der Waals surface area contributed by atoms with E-state index in [0.29, 0.717) is 29.6 Å². The molecule has 6 nitrogen and oxygen atoms in total. The Hall–Kier alpha value is -2.73. The van der Waals surface area contributed by atoms with Gasteiger partial charge in [-0.1, -0.05) is 23.7 Å². The molecule has 2 aromatic rings. The Morgan fingerprint density at radius 2 is 1.92 bits per heavy atom. The van der Waals surface area contributed by atoms with Gasteiger partial charge in [-0.2, -0.15) is 0 Å². The second kappa shape index (κ2) is 8.94. The van der Waals surface area contributed by atoms with Crippen LogP contribution in [0.5, 0.6) is 5.75 Å². The van der Waals surface area contributed by atoms with Crippen LogP contribution in [-0.4, -0.2) is 32.3 Å². The number of hydrogen-bond acceptors (Lipinski definition) is 4. The molecular weight excluding hydrogens is 344 g/mol. The van der Waals surface area contributed by atoms with Gasteiger partial charge in [-0.25, -0.2) is 9.59 Å². The van der Waals surface area contributed by atoms with Crippen LogP contribution in [0.4, 0.5) is 10.5 Å². The highest BCUT2D eigenvalue weighted by molar-refractivity contribution is 6.31. The van der Waals surface area contributed by atoms with Crippen molar-refractivity contribution in [1.82, 2.24) is 5.32 Å². The molecule has 0 aliphatic heterocycles. The van der Waals surface area contributed by atoms with Gasteiger partial charge >= 0.3 is 12.0 Å². The predicted molar refractivity (Wildman–Crippen MR) is 96.5 cm³/mol. The SMILES string of the molecule is COC(=O)c1ccccc1NC(=O)NCCOc1ccc(Cl)c(C)c1. The summed E-state index contributed by atoms with van der Waals surface area (Å²) in [5, 5.41) is 5.95. The third-order valence-electron chi connectivity index (χ3n) is 3.37. The number of esters is 1. The number of para-hydroxylation sites is 1. The minimum Gasteiger partial charge on any atom is -0.492 e. The van der Waals surface area contributed by atoms with Gasteiger partial charge in [-0.15, -0.1) is 0 Å². The van der Waals surface area contributed by atoms with Crippen molar-refractivity contribution in [2.75, 3.05) is 25.6 Å². The van der Waals surface area contributed by atoms with Crippen LogP contribution in [0.3, 0.4) is 0 Å². The first-order valence-corrected chi connectivity index (χ1v) is 8.00. The van der Waals surface area contributed by atoms with Crippen molar-refractivity contribution >= 4 is 29.3 Å². The van der Waals surface area contributed by atoms with Gasteiger partial charge in [0.05, 0.1) is 24.9 Å². The van der Waals surface area contributed by atoms with Crippen LogP contribution in [0, 0.1) is 6.92 Å². The summed E-state index contributed by atoms with van der Waals surface area (Å²) in [7, 11) is 1.29. The lowest BCUT2D eigenvalue weighted by molar-refractivity contribution is 0.0602. The number of methoxy groups -OCH3 is 1. The fourth-order valence-corrected chi connectivity index (χ4v) is 2.20. The van der Waals surface area contributed by atoms with E-state index in [1.807, 2.05) is 13.0 Å². The minimum atomic E-state index is -0.516. The van der Waals surface area contributed by atoms with Crippen LogP contribution in [0.2, 0.25) is 5.02 Å². The molecular formula is C18H19ClN2O4. The first-order chi connectivity index (χ1) is 12.0. The van der Waals surface area contributed by atoms with E-state index in [4.69, 9.17) is 16.3 Å². The largest absolute Gasteiger partial charge is 0.492 e. The summed E-state index contributed by atoms with van der Waals surface area (Å²) in [6, 6.07) is 11.5. The zero-order chi connectivity index (χ0) is 18.2. The number of rotatable bonds is 6. The molecule has 0 atom stereocenters. The van der Waals surface area contributed by atoms with E-state index in [1.54, 1.807) is 36.4 Å². The van der Waals surface area contributed by atoms with Gasteiger partial charge in [-0.05, 0) is 42.8 Å². The van der Waals surface area contributed by atoms with Gasteiger partial charge in [0.1, 0.15) is 12.4 Å². The Labute approximate surface area is 151 Å². The number of halogens is 1. The van der Waals surface area contributed by atoms with E-state index >= 15 is 0 Å². The summed E-state index contributed by atoms with van der Waals surface area (Å²) >= 11 is 5.95. The monoisotopic (exact) mass is 362 g/mol. The van der Waals surface area contributed by atoms with E-state index < -0.39 is 12.0 Å². The lowest BCUT2D eigenvalue weighted by atomic mass is 10.2. The average Bonchev–Trinajstić information content (AvgIpc) is 2.61. The lowest BCUT2D eigenvalue weighted by Gasteiger charge is -2.11. The number of carbonyl (C=O) groups excluding carboxylic acids is 2. The molecule has 0 saturated heterocycles. The summed E-state index contributed by atoms with van der Waals surface area (Å²) in [4.78, 5) is 23.6. The molecule has 0 aliphatic rings. The topological polar surface area (TPSA) is 76.7 Å². The van der Waals surface area contributed by atoms with Crippen molar-refractivity contribution in [2.45, 2.75) is 6.92 Å². The van der Waals surface area contributed by atoms with Crippen LogP contribution >= 0.6 is 11.6 Å². The standard InChI is InChI=1S/C18H19ClN2O4/c1-12-11-13(7-8-15(12)19)25-10-9-20-18(23)21-16-6-4-3-5-14(16)17(22)24-2/h3-8,11H,9-10H2,1-2H3,(H2,20,21,23). The third kappa shape index (κ3) is 5.39. The molecule has 7 heteroatoms. The zero-order valence-corrected chi connectivity index (χ0v) is 14.7. The second-order valence-electron chi connectivity index (χ2n) is 5.18. The van der Waals surface area contributed by atoms with Crippen molar-refractivity contribution in [3.05, 3.63) is 58.6 Å². The van der Waals surface area contributed by atoms with E-state index in [9.17, 15) is 9.59 Å². The summed E-state index contributed by atoms with van der Waals surface area (Å²) in [6.07, 6.45) is 0. The number of ether oxygens (including phenoxy) is 2. The molecule has 0 saturated carbocycles. The number of nitrogens with one attached hydrogen (secondary N) is 2. The molecule has 0 radical (unpaired) electrons. The summed E-state index contributed by atoms with van der Waals surface area (Å²) in [5.41, 5.74) is 1.58. The van der Waals surface area contributed by atoms with Crippen molar-refractivity contribution in [1.29, 1.82) is 0 Å². The number of amides is 2. The van der Waals surface area contributed by atoms with Crippen molar-refractivity contribution in [3.8, 4) is 5.75 Å². The second-order valence-corrected chi connectivity index (χ2v) is 5.58. The van der Waals surface area contributed by atoms with Crippen molar-refractivity contribution < 1.29 is 19.1 Å². The van der Waals surface area contributed by atoms with Crippen LogP contribution in [0.1, 0.15) is 15.9 Å². The highest BCUT2D eigenvalue weighted by atomic mass is 35.5. The molecule has 2 rings (SSSR count). The Morgan fingerprint density at radius 1 is 1.16 bits per heavy atom. The molecule has 2 aromatic carbocycles. The first kappa shape index (κ1) is 18.6. The van der Waals surface area contributed by atoms with Gasteiger partial charge in [0.15, 0.2) is 0 Å². The summed E-state index contributed by atoms with van der Waals surface area (Å²) < 4.78 is 10.2. The molecule has 0 bridgehead atoms. The van der Waals surface area contributed by atoms with E-state index in [1.165, 1.54) is 7.11 Å². The summed E-state index contributed by atoms with van der Waals surface area (Å²) in [5.74, 6) is 0.164. The van der Waals surface area contributed by atoms with Gasteiger partial charge in [0.25, 0.3) is 0 Å². The molecule has 25 heavy (non-hydrogen) atoms. The van der Waals surface area contributed by atoms with Crippen molar-refractivity contribution in [3.63, 3.8) is 0 Å². The molecule has 0 heterocycles. The fourth-order valence-electron chi connectivity index (χ4n) is 2.09. The number of urea groups is 1. The number of aryl methyl sites for hydroxylation is 1. The molecule has 2 N–H and O–H groups in total. The highest BCUT2D eigenvalue weighted by Gasteiger charge is 2.12. The lowest BCUT2D eigenvalue weighted by Crippen LogP contribution is -2.32. The van der Waals surface area contributed by atoms with Crippen LogP contribution in [-0.2, 0) is 4.74 Å². The predicted octanol–water partition coefficient (Wildman–Crippen LogP) is 3.64. The fraction of sp³-hybridized carbons (Fsp3) is 0.222. The quantitative estimate of drug-likeness (QED) is 0.607. The van der Waals surface area contributed by atoms with E-state index in [0.717, 1.165) is 5.56 Å². The third-order valence-corrected chi connectivity index (χ3v) is 3.79. The smallest absolute Gasteiger partial charge is 0.339 e. The normalized spacial score (nSPS) is 10.0. The number of anilines is 1. The van der Waals surface area contributed by atoms with E-state index in [-0.39, 0.29) is 5.56 Å². The zero-order valence-electron chi connectivity index (χ0n) is 14.0. The maximum absolute atomic E-state index is 11.9. The van der Waals surface area contributed by atoms with Crippen LogP contribution in [0.15, 0.2) is 42.5 Å². The molecule has 0 fully saturated rings. The van der Waals surface area contributed by atoms with Gasteiger partial charge in [0, 0.05) is 5.02 Å². The molecule has 132 valence electrons. The minimum absolute atomic E-state index is 0.285. The first-order valence-electron chi connectivity index (χ1n) is 7.62. The molecule has 0 aromatic heterocycles. The molecule has 2 amide bonds. The van der Waals surface area contributed by atoms with E-state index in [2.05, 4.69) is 15.4 Å². The molecule has 0 unspecified atom stereocenters. The highest BCUT2D eigenvalue weighted by Crippen LogP contribution is 2.20. The molecule has 0 aliphatic carbocycles. The van der Waals surface area contributed by atoms with Gasteiger partial charge in [0.2, 0.25) is 0 Å². The van der Waals surface area contributed by atoms with Gasteiger partial charge in [-0.3, -0.25) is 0 Å². The maximum Gasteiger partial charge on any atom is 0.339 e. The van der Waals surface area contributed by atoms with Crippen LogP contribution in [0.25, 0.3) is 0 Å². The number of benzene rings is 2. The molecule has 0 spiro atoms. The average molecular weight is 363 g/mol. The Kier molecular flexibility index (Phi) is 6.65. The Bertz CT molecular complexity index is 764. The summed E-state index contributed by atoms with van der Waals surface area (Å²) in [6.45, 7) is 2.49. The van der Waals surface area contributed by atoms with Crippen molar-refractivity contribution in [2.24, 2.45) is 0 Å². The number of hydrogen-bond donors (Lipinski definition) is 2.